The van der Waals surface area contributed by atoms with Crippen molar-refractivity contribution in [3.63, 3.8) is 0 Å². The Morgan fingerprint density at radius 3 is 2.50 bits per heavy atom. The van der Waals surface area contributed by atoms with Crippen LogP contribution in [0.5, 0.6) is 0 Å². The molecule has 0 aliphatic heterocycles. The van der Waals surface area contributed by atoms with Crippen molar-refractivity contribution in [2.45, 2.75) is 38.7 Å². The fraction of sp³-hybridized carbons (Fsp3) is 0.571. The van der Waals surface area contributed by atoms with Gasteiger partial charge in [-0.05, 0) is 51.3 Å². The van der Waals surface area contributed by atoms with Crippen LogP contribution in [0.25, 0.3) is 0 Å². The van der Waals surface area contributed by atoms with E-state index in [1.54, 1.807) is 0 Å². The lowest BCUT2D eigenvalue weighted by Gasteiger charge is -2.06. The van der Waals surface area contributed by atoms with E-state index < -0.39 is 0 Å². The summed E-state index contributed by atoms with van der Waals surface area (Å²) in [5, 5.41) is 12.5. The molecule has 0 saturated carbocycles. The van der Waals surface area contributed by atoms with Gasteiger partial charge in [0, 0.05) is 0 Å². The Balaban J connectivity index is 1.93. The van der Waals surface area contributed by atoms with Crippen LogP contribution in [0, 0.1) is 0 Å². The lowest BCUT2D eigenvalue weighted by atomic mass is 10.1. The first-order valence-corrected chi connectivity index (χ1v) is 6.22. The van der Waals surface area contributed by atoms with Crippen LogP contribution >= 0.6 is 0 Å². The van der Waals surface area contributed by atoms with Gasteiger partial charge in [-0.2, -0.15) is 0 Å². The number of aliphatic hydroxyl groups excluding tert-OH is 1. The minimum Gasteiger partial charge on any atom is -0.393 e. The Morgan fingerprint density at radius 1 is 1.12 bits per heavy atom. The monoisotopic (exact) mass is 221 g/mol. The Kier molecular flexibility index (Phi) is 6.86. The van der Waals surface area contributed by atoms with Crippen LogP contribution in [0.3, 0.4) is 0 Å². The van der Waals surface area contributed by atoms with Crippen LogP contribution < -0.4 is 5.32 Å². The minimum absolute atomic E-state index is 0.161. The second-order valence-electron chi connectivity index (χ2n) is 4.33. The highest BCUT2D eigenvalue weighted by Gasteiger charge is 1.95. The van der Waals surface area contributed by atoms with Crippen LogP contribution in [0.1, 0.15) is 31.7 Å². The molecule has 2 heteroatoms. The van der Waals surface area contributed by atoms with Gasteiger partial charge in [0.15, 0.2) is 0 Å². The number of aryl methyl sites for hydroxylation is 1. The van der Waals surface area contributed by atoms with Crippen molar-refractivity contribution < 1.29 is 5.11 Å². The first kappa shape index (κ1) is 13.2. The molecule has 1 aromatic carbocycles. The highest BCUT2D eigenvalue weighted by atomic mass is 16.3. The van der Waals surface area contributed by atoms with Gasteiger partial charge >= 0.3 is 0 Å². The number of aliphatic hydroxyl groups is 1. The van der Waals surface area contributed by atoms with Gasteiger partial charge in [0.25, 0.3) is 0 Å². The van der Waals surface area contributed by atoms with Gasteiger partial charge in [-0.15, -0.1) is 0 Å². The van der Waals surface area contributed by atoms with Crippen molar-refractivity contribution in [2.75, 3.05) is 13.1 Å². The van der Waals surface area contributed by atoms with Crippen molar-refractivity contribution in [2.24, 2.45) is 0 Å². The first-order chi connectivity index (χ1) is 7.79. The van der Waals surface area contributed by atoms with Crippen LogP contribution in [0.2, 0.25) is 0 Å². The summed E-state index contributed by atoms with van der Waals surface area (Å²) in [5.41, 5.74) is 1.41. The van der Waals surface area contributed by atoms with Gasteiger partial charge in [0.2, 0.25) is 0 Å². The van der Waals surface area contributed by atoms with Gasteiger partial charge in [-0.1, -0.05) is 30.3 Å². The fourth-order valence-electron chi connectivity index (χ4n) is 1.71. The molecule has 0 saturated heterocycles. The second kappa shape index (κ2) is 8.31. The quantitative estimate of drug-likeness (QED) is 0.661. The van der Waals surface area contributed by atoms with E-state index in [1.165, 1.54) is 12.0 Å². The van der Waals surface area contributed by atoms with Crippen molar-refractivity contribution in [1.82, 2.24) is 5.32 Å². The Labute approximate surface area is 98.7 Å². The molecular formula is C14H23NO. The lowest BCUT2D eigenvalue weighted by molar-refractivity contribution is 0.181. The topological polar surface area (TPSA) is 32.3 Å². The zero-order valence-electron chi connectivity index (χ0n) is 10.2. The van der Waals surface area contributed by atoms with E-state index in [1.807, 2.05) is 6.92 Å². The maximum atomic E-state index is 9.08. The van der Waals surface area contributed by atoms with Crippen LogP contribution in [0.15, 0.2) is 30.3 Å². The second-order valence-corrected chi connectivity index (χ2v) is 4.33. The van der Waals surface area contributed by atoms with Crippen LogP contribution in [-0.2, 0) is 6.42 Å². The van der Waals surface area contributed by atoms with Gasteiger partial charge in [-0.3, -0.25) is 0 Å². The first-order valence-electron chi connectivity index (χ1n) is 6.22. The summed E-state index contributed by atoms with van der Waals surface area (Å²) in [6.45, 7) is 3.92. The molecule has 16 heavy (non-hydrogen) atoms. The molecule has 1 atom stereocenters. The van der Waals surface area contributed by atoms with Gasteiger partial charge < -0.3 is 10.4 Å². The molecular weight excluding hydrogens is 198 g/mol. The summed E-state index contributed by atoms with van der Waals surface area (Å²) in [6.07, 6.45) is 4.11. The molecule has 2 N–H and O–H groups in total. The zero-order chi connectivity index (χ0) is 11.6. The van der Waals surface area contributed by atoms with Gasteiger partial charge in [-0.25, -0.2) is 0 Å². The Morgan fingerprint density at radius 2 is 1.81 bits per heavy atom. The van der Waals surface area contributed by atoms with E-state index in [0.29, 0.717) is 0 Å². The number of rotatable bonds is 8. The van der Waals surface area contributed by atoms with E-state index in [4.69, 9.17) is 5.11 Å². The number of benzene rings is 1. The fourth-order valence-corrected chi connectivity index (χ4v) is 1.71. The third kappa shape index (κ3) is 6.59. The Hall–Kier alpha value is -0.860. The van der Waals surface area contributed by atoms with Crippen LogP contribution in [-0.4, -0.2) is 24.3 Å². The smallest absolute Gasteiger partial charge is 0.0512 e. The molecule has 0 heterocycles. The minimum atomic E-state index is -0.161. The van der Waals surface area contributed by atoms with E-state index in [2.05, 4.69) is 35.6 Å². The number of hydrogen-bond donors (Lipinski definition) is 2. The van der Waals surface area contributed by atoms with Crippen molar-refractivity contribution in [1.29, 1.82) is 0 Å². The molecule has 1 unspecified atom stereocenters. The third-order valence-electron chi connectivity index (χ3n) is 2.64. The van der Waals surface area contributed by atoms with Crippen LogP contribution in [0.4, 0.5) is 0 Å². The molecule has 0 spiro atoms. The molecule has 0 amide bonds. The highest BCUT2D eigenvalue weighted by molar-refractivity contribution is 5.14. The van der Waals surface area contributed by atoms with Crippen molar-refractivity contribution in [3.05, 3.63) is 35.9 Å². The average molecular weight is 221 g/mol. The highest BCUT2D eigenvalue weighted by Crippen LogP contribution is 2.01. The SMILES string of the molecule is CC(O)CCCNCCCc1ccccc1. The standard InChI is InChI=1S/C14H23NO/c1-13(16)7-5-11-15-12-6-10-14-8-3-2-4-9-14/h2-4,8-9,13,15-16H,5-7,10-12H2,1H3. The molecule has 0 aliphatic rings. The molecule has 90 valence electrons. The summed E-state index contributed by atoms with van der Waals surface area (Å²) < 4.78 is 0. The molecule has 0 aliphatic carbocycles. The Bertz CT molecular complexity index is 259. The number of hydrogen-bond acceptors (Lipinski definition) is 2. The predicted molar refractivity (Wildman–Crippen MR) is 68.5 cm³/mol. The molecule has 0 fully saturated rings. The van der Waals surface area contributed by atoms with E-state index in [-0.39, 0.29) is 6.10 Å². The maximum Gasteiger partial charge on any atom is 0.0512 e. The number of nitrogens with one attached hydrogen (secondary N) is 1. The molecule has 2 nitrogen and oxygen atoms in total. The predicted octanol–water partition coefficient (Wildman–Crippen LogP) is 2.37. The zero-order valence-corrected chi connectivity index (χ0v) is 10.2. The third-order valence-corrected chi connectivity index (χ3v) is 2.64. The molecule has 1 aromatic rings. The average Bonchev–Trinajstić information content (AvgIpc) is 2.29. The molecule has 1 rings (SSSR count). The summed E-state index contributed by atoms with van der Waals surface area (Å²) in [6, 6.07) is 10.6. The molecule has 0 bridgehead atoms. The lowest BCUT2D eigenvalue weighted by Crippen LogP contribution is -2.18. The van der Waals surface area contributed by atoms with E-state index in [9.17, 15) is 0 Å². The molecule has 0 radical (unpaired) electrons. The summed E-state index contributed by atoms with van der Waals surface area (Å²) >= 11 is 0. The summed E-state index contributed by atoms with van der Waals surface area (Å²) in [7, 11) is 0. The van der Waals surface area contributed by atoms with E-state index in [0.717, 1.165) is 32.4 Å². The van der Waals surface area contributed by atoms with Crippen molar-refractivity contribution in [3.8, 4) is 0 Å². The van der Waals surface area contributed by atoms with Gasteiger partial charge in [0.1, 0.15) is 0 Å². The normalized spacial score (nSPS) is 12.6. The van der Waals surface area contributed by atoms with E-state index >= 15 is 0 Å². The van der Waals surface area contributed by atoms with Crippen molar-refractivity contribution >= 4 is 0 Å². The maximum absolute atomic E-state index is 9.08. The van der Waals surface area contributed by atoms with Gasteiger partial charge in [0.05, 0.1) is 6.10 Å². The molecule has 0 aromatic heterocycles. The largest absolute Gasteiger partial charge is 0.393 e. The summed E-state index contributed by atoms with van der Waals surface area (Å²) in [5.74, 6) is 0. The summed E-state index contributed by atoms with van der Waals surface area (Å²) in [4.78, 5) is 0.